The maximum atomic E-state index is 12.9. The molecule has 0 spiro atoms. The van der Waals surface area contributed by atoms with Crippen molar-refractivity contribution in [3.63, 3.8) is 0 Å². The summed E-state index contributed by atoms with van der Waals surface area (Å²) in [4.78, 5) is 37.5. The molecule has 1 unspecified atom stereocenters. The van der Waals surface area contributed by atoms with E-state index in [1.807, 2.05) is 41.5 Å². The SMILES string of the molecule is CC(C)(C)c1cc(C2C(=O)C(=O)C(=O)c3ccccc32)cc(C(C)(C)C)c1O. The van der Waals surface area contributed by atoms with E-state index in [0.717, 1.165) is 0 Å². The first kappa shape index (κ1) is 20.0. The molecule has 1 aliphatic rings. The first-order valence-electron chi connectivity index (χ1n) is 9.43. The molecule has 4 heteroatoms. The highest BCUT2D eigenvalue weighted by Crippen LogP contribution is 2.43. The van der Waals surface area contributed by atoms with E-state index in [2.05, 4.69) is 0 Å². The molecule has 0 radical (unpaired) electrons. The fourth-order valence-corrected chi connectivity index (χ4v) is 3.76. The van der Waals surface area contributed by atoms with Crippen LogP contribution < -0.4 is 0 Å². The van der Waals surface area contributed by atoms with E-state index in [1.54, 1.807) is 36.4 Å². The lowest BCUT2D eigenvalue weighted by Gasteiger charge is -2.30. The van der Waals surface area contributed by atoms with Crippen LogP contribution in [0, 0.1) is 0 Å². The Bertz CT molecular complexity index is 965. The third-order valence-electron chi connectivity index (χ3n) is 5.29. The minimum Gasteiger partial charge on any atom is -0.507 e. The van der Waals surface area contributed by atoms with Crippen molar-refractivity contribution in [3.05, 3.63) is 64.2 Å². The van der Waals surface area contributed by atoms with Crippen LogP contribution in [0.5, 0.6) is 5.75 Å². The highest BCUT2D eigenvalue weighted by atomic mass is 16.3. The Hall–Kier alpha value is -2.75. The number of Topliss-reactive ketones (excluding diaryl/α,β-unsaturated/α-hetero) is 3. The molecule has 0 fully saturated rings. The predicted octanol–water partition coefficient (Wildman–Crippen LogP) is 4.45. The van der Waals surface area contributed by atoms with Crippen LogP contribution >= 0.6 is 0 Å². The van der Waals surface area contributed by atoms with Crippen LogP contribution in [0.4, 0.5) is 0 Å². The molecule has 1 atom stereocenters. The number of hydrogen-bond acceptors (Lipinski definition) is 4. The Morgan fingerprint density at radius 2 is 1.29 bits per heavy atom. The smallest absolute Gasteiger partial charge is 0.270 e. The van der Waals surface area contributed by atoms with E-state index in [4.69, 9.17) is 0 Å². The summed E-state index contributed by atoms with van der Waals surface area (Å²) in [5, 5.41) is 10.9. The summed E-state index contributed by atoms with van der Waals surface area (Å²) in [6, 6.07) is 10.4. The van der Waals surface area contributed by atoms with E-state index in [0.29, 0.717) is 22.3 Å². The molecule has 2 aromatic carbocycles. The fraction of sp³-hybridized carbons (Fsp3) is 0.375. The molecule has 1 N–H and O–H groups in total. The first-order valence-corrected chi connectivity index (χ1v) is 9.43. The van der Waals surface area contributed by atoms with Crippen LogP contribution in [0.25, 0.3) is 0 Å². The monoisotopic (exact) mass is 378 g/mol. The van der Waals surface area contributed by atoms with Gasteiger partial charge in [-0.25, -0.2) is 0 Å². The van der Waals surface area contributed by atoms with E-state index < -0.39 is 23.3 Å². The van der Waals surface area contributed by atoms with Crippen LogP contribution in [0.1, 0.15) is 80.1 Å². The summed E-state index contributed by atoms with van der Waals surface area (Å²) in [5.41, 5.74) is 2.15. The Labute approximate surface area is 165 Å². The standard InChI is InChI=1S/C24H26O4/c1-23(2,3)16-11-13(12-17(20(16)26)24(4,5)6)18-14-9-7-8-10-15(14)19(25)22(28)21(18)27/h7-12,18,26H,1-6H3. The summed E-state index contributed by atoms with van der Waals surface area (Å²) in [5.74, 6) is -3.07. The van der Waals surface area contributed by atoms with Crippen molar-refractivity contribution in [1.82, 2.24) is 0 Å². The topological polar surface area (TPSA) is 71.4 Å². The minimum atomic E-state index is -0.980. The lowest BCUT2D eigenvalue weighted by molar-refractivity contribution is -0.134. The highest BCUT2D eigenvalue weighted by molar-refractivity contribution is 6.69. The van der Waals surface area contributed by atoms with Gasteiger partial charge in [0.05, 0.1) is 5.92 Å². The van der Waals surface area contributed by atoms with Crippen LogP contribution in [-0.2, 0) is 20.4 Å². The molecule has 0 bridgehead atoms. The summed E-state index contributed by atoms with van der Waals surface area (Å²) in [7, 11) is 0. The quantitative estimate of drug-likeness (QED) is 0.744. The molecule has 0 saturated carbocycles. The Morgan fingerprint density at radius 1 is 0.786 bits per heavy atom. The van der Waals surface area contributed by atoms with Gasteiger partial charge in [0, 0.05) is 5.56 Å². The molecular weight excluding hydrogens is 352 g/mol. The highest BCUT2D eigenvalue weighted by Gasteiger charge is 2.41. The van der Waals surface area contributed by atoms with Crippen molar-refractivity contribution in [3.8, 4) is 5.75 Å². The van der Waals surface area contributed by atoms with Gasteiger partial charge in [0.1, 0.15) is 5.75 Å². The van der Waals surface area contributed by atoms with Gasteiger partial charge in [-0.05, 0) is 33.1 Å². The zero-order valence-electron chi connectivity index (χ0n) is 17.2. The third-order valence-corrected chi connectivity index (χ3v) is 5.29. The average molecular weight is 378 g/mol. The third kappa shape index (κ3) is 3.17. The Kier molecular flexibility index (Phi) is 4.57. The van der Waals surface area contributed by atoms with Gasteiger partial charge in [0.15, 0.2) is 0 Å². The number of benzene rings is 2. The van der Waals surface area contributed by atoms with E-state index >= 15 is 0 Å². The van der Waals surface area contributed by atoms with Crippen molar-refractivity contribution in [2.75, 3.05) is 0 Å². The molecule has 0 heterocycles. The van der Waals surface area contributed by atoms with E-state index in [-0.39, 0.29) is 22.1 Å². The summed E-state index contributed by atoms with van der Waals surface area (Å²) < 4.78 is 0. The lowest BCUT2D eigenvalue weighted by Crippen LogP contribution is -2.36. The molecule has 0 amide bonds. The van der Waals surface area contributed by atoms with Gasteiger partial charge in [0.2, 0.25) is 11.6 Å². The second-order valence-corrected chi connectivity index (χ2v) is 9.51. The van der Waals surface area contributed by atoms with Crippen LogP contribution in [0.3, 0.4) is 0 Å². The van der Waals surface area contributed by atoms with Gasteiger partial charge in [0.25, 0.3) is 5.78 Å². The number of rotatable bonds is 1. The predicted molar refractivity (Wildman–Crippen MR) is 108 cm³/mol. The number of phenols is 1. The molecule has 146 valence electrons. The van der Waals surface area contributed by atoms with E-state index in [1.165, 1.54) is 0 Å². The largest absolute Gasteiger partial charge is 0.507 e. The van der Waals surface area contributed by atoms with E-state index in [9.17, 15) is 19.5 Å². The molecule has 1 aliphatic carbocycles. The molecule has 0 aliphatic heterocycles. The summed E-state index contributed by atoms with van der Waals surface area (Å²) >= 11 is 0. The van der Waals surface area contributed by atoms with Gasteiger partial charge in [-0.3, -0.25) is 14.4 Å². The van der Waals surface area contributed by atoms with Gasteiger partial charge in [-0.15, -0.1) is 0 Å². The molecule has 0 saturated heterocycles. The zero-order chi connectivity index (χ0) is 21.0. The molecule has 28 heavy (non-hydrogen) atoms. The van der Waals surface area contributed by atoms with Crippen molar-refractivity contribution in [2.45, 2.75) is 58.3 Å². The molecule has 4 nitrogen and oxygen atoms in total. The second-order valence-electron chi connectivity index (χ2n) is 9.51. The Morgan fingerprint density at radius 3 is 1.79 bits per heavy atom. The molecule has 0 aromatic heterocycles. The Balaban J connectivity index is 2.35. The summed E-state index contributed by atoms with van der Waals surface area (Å²) in [6.45, 7) is 11.9. The lowest BCUT2D eigenvalue weighted by atomic mass is 9.72. The van der Waals surface area contributed by atoms with Crippen molar-refractivity contribution >= 4 is 17.3 Å². The molecule has 3 rings (SSSR count). The molecule has 2 aromatic rings. The van der Waals surface area contributed by atoms with Crippen LogP contribution in [0.2, 0.25) is 0 Å². The normalized spacial score (nSPS) is 17.6. The number of hydrogen-bond donors (Lipinski definition) is 1. The maximum absolute atomic E-state index is 12.9. The number of carbonyl (C=O) groups is 3. The van der Waals surface area contributed by atoms with Gasteiger partial charge in [-0.2, -0.15) is 0 Å². The number of phenolic OH excluding ortho intramolecular Hbond substituents is 1. The molecular formula is C24H26O4. The minimum absolute atomic E-state index is 0.211. The van der Waals surface area contributed by atoms with Crippen molar-refractivity contribution < 1.29 is 19.5 Å². The maximum Gasteiger partial charge on any atom is 0.270 e. The van der Waals surface area contributed by atoms with Gasteiger partial charge >= 0.3 is 0 Å². The van der Waals surface area contributed by atoms with Gasteiger partial charge in [-0.1, -0.05) is 77.9 Å². The number of fused-ring (bicyclic) bond motifs is 1. The first-order chi connectivity index (χ1) is 12.8. The summed E-state index contributed by atoms with van der Waals surface area (Å²) in [6.07, 6.45) is 0. The van der Waals surface area contributed by atoms with Gasteiger partial charge < -0.3 is 5.11 Å². The van der Waals surface area contributed by atoms with Crippen molar-refractivity contribution in [1.29, 1.82) is 0 Å². The number of carbonyl (C=O) groups excluding carboxylic acids is 3. The average Bonchev–Trinajstić information content (AvgIpc) is 2.59. The van der Waals surface area contributed by atoms with Crippen LogP contribution in [-0.4, -0.2) is 22.5 Å². The van der Waals surface area contributed by atoms with Crippen LogP contribution in [0.15, 0.2) is 36.4 Å². The van der Waals surface area contributed by atoms with Crippen molar-refractivity contribution in [2.24, 2.45) is 0 Å². The number of ketones is 3. The number of aromatic hydroxyl groups is 1. The zero-order valence-corrected chi connectivity index (χ0v) is 17.2. The fourth-order valence-electron chi connectivity index (χ4n) is 3.76. The second kappa shape index (κ2) is 6.40.